The van der Waals surface area contributed by atoms with Crippen molar-refractivity contribution in [2.24, 2.45) is 0 Å². The topological polar surface area (TPSA) is 127 Å². The number of nitrogens with zero attached hydrogens (tertiary/aromatic N) is 4. The smallest absolute Gasteiger partial charge is 0.269 e. The normalized spacial score (nSPS) is 11.5. The van der Waals surface area contributed by atoms with Gasteiger partial charge in [-0.3, -0.25) is 14.9 Å². The molecule has 0 saturated heterocycles. The molecule has 1 aromatic heterocycles. The largest absolute Gasteiger partial charge is 0.306 e. The van der Waals surface area contributed by atoms with E-state index in [9.17, 15) is 23.3 Å². The Kier molecular flexibility index (Phi) is 6.70. The third-order valence-corrected chi connectivity index (χ3v) is 6.90. The predicted molar refractivity (Wildman–Crippen MR) is 119 cm³/mol. The molecule has 11 heteroatoms. The summed E-state index contributed by atoms with van der Waals surface area (Å²) in [7, 11) is -3.61. The Morgan fingerprint density at radius 1 is 1.09 bits per heavy atom. The fourth-order valence-electron chi connectivity index (χ4n) is 3.18. The van der Waals surface area contributed by atoms with Crippen LogP contribution < -0.4 is 5.32 Å². The minimum Gasteiger partial charge on any atom is -0.306 e. The summed E-state index contributed by atoms with van der Waals surface area (Å²) in [6, 6.07) is 13.2. The molecule has 0 unspecified atom stereocenters. The first-order valence-corrected chi connectivity index (χ1v) is 11.3. The Balaban J connectivity index is 1.83. The standard InChI is InChI=1S/C21H23N5O5S/c1-4-24(5-2)32(30,31)19-12-6-16(7-13-19)21(27)22-20-14-15(3)23-25(20)17-8-10-18(11-9-17)26(28)29/h6-14H,4-5H2,1-3H3,(H,22,27). The molecule has 0 aliphatic heterocycles. The number of sulfonamides is 1. The van der Waals surface area contributed by atoms with Crippen LogP contribution in [0.4, 0.5) is 11.5 Å². The zero-order valence-corrected chi connectivity index (χ0v) is 18.7. The van der Waals surface area contributed by atoms with E-state index in [1.54, 1.807) is 26.8 Å². The van der Waals surface area contributed by atoms with Gasteiger partial charge in [0, 0.05) is 36.9 Å². The molecule has 168 valence electrons. The number of carbonyl (C=O) groups excluding carboxylic acids is 1. The third-order valence-electron chi connectivity index (χ3n) is 4.84. The fraction of sp³-hybridized carbons (Fsp3) is 0.238. The molecule has 32 heavy (non-hydrogen) atoms. The van der Waals surface area contributed by atoms with Crippen LogP contribution in [0.1, 0.15) is 29.9 Å². The summed E-state index contributed by atoms with van der Waals surface area (Å²) in [5.74, 6) is -0.0685. The maximum atomic E-state index is 12.8. The van der Waals surface area contributed by atoms with Crippen LogP contribution in [0, 0.1) is 17.0 Å². The first kappa shape index (κ1) is 23.1. The lowest BCUT2D eigenvalue weighted by molar-refractivity contribution is -0.384. The van der Waals surface area contributed by atoms with Gasteiger partial charge in [0.05, 0.1) is 21.2 Å². The van der Waals surface area contributed by atoms with Gasteiger partial charge in [0.25, 0.3) is 11.6 Å². The molecule has 1 N–H and O–H groups in total. The van der Waals surface area contributed by atoms with E-state index in [4.69, 9.17) is 0 Å². The summed E-state index contributed by atoms with van der Waals surface area (Å²) < 4.78 is 28.0. The van der Waals surface area contributed by atoms with Gasteiger partial charge >= 0.3 is 0 Å². The quantitative estimate of drug-likeness (QED) is 0.408. The maximum Gasteiger partial charge on any atom is 0.269 e. The Morgan fingerprint density at radius 3 is 2.22 bits per heavy atom. The van der Waals surface area contributed by atoms with E-state index < -0.39 is 20.9 Å². The van der Waals surface area contributed by atoms with Crippen molar-refractivity contribution in [1.82, 2.24) is 14.1 Å². The van der Waals surface area contributed by atoms with Gasteiger partial charge < -0.3 is 5.32 Å². The van der Waals surface area contributed by atoms with Gasteiger partial charge in [-0.05, 0) is 43.3 Å². The molecule has 3 aromatic rings. The van der Waals surface area contributed by atoms with Gasteiger partial charge in [0.15, 0.2) is 0 Å². The number of anilines is 1. The number of benzene rings is 2. The Labute approximate surface area is 185 Å². The first-order valence-electron chi connectivity index (χ1n) is 9.90. The monoisotopic (exact) mass is 457 g/mol. The summed E-state index contributed by atoms with van der Waals surface area (Å²) in [4.78, 5) is 23.2. The Bertz CT molecular complexity index is 1230. The molecule has 0 atom stereocenters. The van der Waals surface area contributed by atoms with Crippen molar-refractivity contribution in [2.45, 2.75) is 25.7 Å². The van der Waals surface area contributed by atoms with E-state index in [1.165, 1.54) is 57.5 Å². The second-order valence-corrected chi connectivity index (χ2v) is 8.86. The fourth-order valence-corrected chi connectivity index (χ4v) is 4.64. The molecule has 1 amide bonds. The molecule has 1 heterocycles. The highest BCUT2D eigenvalue weighted by Crippen LogP contribution is 2.21. The molecule has 0 spiro atoms. The molecule has 3 rings (SSSR count). The minimum atomic E-state index is -3.61. The molecule has 0 bridgehead atoms. The zero-order valence-electron chi connectivity index (χ0n) is 17.8. The molecule has 0 fully saturated rings. The lowest BCUT2D eigenvalue weighted by atomic mass is 10.2. The Hall–Kier alpha value is -3.57. The van der Waals surface area contributed by atoms with Crippen molar-refractivity contribution in [3.63, 3.8) is 0 Å². The molecular formula is C21H23N5O5S. The van der Waals surface area contributed by atoms with Gasteiger partial charge in [0.1, 0.15) is 5.82 Å². The summed E-state index contributed by atoms with van der Waals surface area (Å²) in [5.41, 5.74) is 1.40. The van der Waals surface area contributed by atoms with Crippen LogP contribution in [-0.2, 0) is 10.0 Å². The summed E-state index contributed by atoms with van der Waals surface area (Å²) in [5, 5.41) is 18.0. The van der Waals surface area contributed by atoms with E-state index in [-0.39, 0.29) is 16.1 Å². The van der Waals surface area contributed by atoms with E-state index in [2.05, 4.69) is 10.4 Å². The lowest BCUT2D eigenvalue weighted by Crippen LogP contribution is -2.30. The molecule has 2 aromatic carbocycles. The van der Waals surface area contributed by atoms with Gasteiger partial charge in [-0.15, -0.1) is 0 Å². The second-order valence-electron chi connectivity index (χ2n) is 6.92. The average Bonchev–Trinajstić information content (AvgIpc) is 3.14. The lowest BCUT2D eigenvalue weighted by Gasteiger charge is -2.18. The van der Waals surface area contributed by atoms with E-state index in [0.717, 1.165) is 0 Å². The van der Waals surface area contributed by atoms with Crippen molar-refractivity contribution in [1.29, 1.82) is 0 Å². The number of carbonyl (C=O) groups is 1. The van der Waals surface area contributed by atoms with Crippen LogP contribution in [0.25, 0.3) is 5.69 Å². The van der Waals surface area contributed by atoms with Crippen molar-refractivity contribution >= 4 is 27.4 Å². The minimum absolute atomic E-state index is 0.0528. The highest BCUT2D eigenvalue weighted by Gasteiger charge is 2.22. The molecule has 0 aliphatic rings. The summed E-state index contributed by atoms with van der Waals surface area (Å²) >= 11 is 0. The van der Waals surface area contributed by atoms with Crippen molar-refractivity contribution in [2.75, 3.05) is 18.4 Å². The number of nitro groups is 1. The van der Waals surface area contributed by atoms with E-state index in [0.29, 0.717) is 30.3 Å². The van der Waals surface area contributed by atoms with Crippen LogP contribution >= 0.6 is 0 Å². The molecule has 0 radical (unpaired) electrons. The molecular weight excluding hydrogens is 434 g/mol. The number of aryl methyl sites for hydroxylation is 1. The maximum absolute atomic E-state index is 12.8. The summed E-state index contributed by atoms with van der Waals surface area (Å²) in [6.07, 6.45) is 0. The van der Waals surface area contributed by atoms with Gasteiger partial charge in [-0.25, -0.2) is 13.1 Å². The summed E-state index contributed by atoms with van der Waals surface area (Å²) in [6.45, 7) is 5.99. The van der Waals surface area contributed by atoms with E-state index >= 15 is 0 Å². The predicted octanol–water partition coefficient (Wildman–Crippen LogP) is 3.37. The number of non-ortho nitro benzene ring substituents is 1. The molecule has 0 aliphatic carbocycles. The van der Waals surface area contributed by atoms with Crippen molar-refractivity contribution < 1.29 is 18.1 Å². The number of hydrogen-bond acceptors (Lipinski definition) is 6. The highest BCUT2D eigenvalue weighted by atomic mass is 32.2. The zero-order chi connectivity index (χ0) is 23.5. The third kappa shape index (κ3) is 4.68. The van der Waals surface area contributed by atoms with Crippen LogP contribution in [0.15, 0.2) is 59.5 Å². The first-order chi connectivity index (χ1) is 15.2. The average molecular weight is 458 g/mol. The van der Waals surface area contributed by atoms with Crippen molar-refractivity contribution in [3.05, 3.63) is 76.0 Å². The van der Waals surface area contributed by atoms with Gasteiger partial charge in [-0.2, -0.15) is 9.40 Å². The second kappa shape index (κ2) is 9.28. The van der Waals surface area contributed by atoms with Crippen LogP contribution in [0.2, 0.25) is 0 Å². The SMILES string of the molecule is CCN(CC)S(=O)(=O)c1ccc(C(=O)Nc2cc(C)nn2-c2ccc([N+](=O)[O-])cc2)cc1. The molecule has 0 saturated carbocycles. The van der Waals surface area contributed by atoms with Gasteiger partial charge in [-0.1, -0.05) is 13.8 Å². The van der Waals surface area contributed by atoms with Crippen molar-refractivity contribution in [3.8, 4) is 5.69 Å². The number of nitrogens with one attached hydrogen (secondary N) is 1. The van der Waals surface area contributed by atoms with E-state index in [1.807, 2.05) is 0 Å². The van der Waals surface area contributed by atoms with Crippen LogP contribution in [-0.4, -0.2) is 46.4 Å². The number of amides is 1. The number of rotatable bonds is 8. The van der Waals surface area contributed by atoms with Crippen LogP contribution in [0.5, 0.6) is 0 Å². The number of aromatic nitrogens is 2. The molecule has 10 nitrogen and oxygen atoms in total. The van der Waals surface area contributed by atoms with Crippen LogP contribution in [0.3, 0.4) is 0 Å². The van der Waals surface area contributed by atoms with Gasteiger partial charge in [0.2, 0.25) is 10.0 Å². The number of hydrogen-bond donors (Lipinski definition) is 1. The highest BCUT2D eigenvalue weighted by molar-refractivity contribution is 7.89. The number of nitro benzene ring substituents is 1. The Morgan fingerprint density at radius 2 is 1.69 bits per heavy atom.